The number of ether oxygens (including phenoxy) is 1. The van der Waals surface area contributed by atoms with Gasteiger partial charge in [-0.1, -0.05) is 17.7 Å². The normalized spacial score (nSPS) is 11.6. The van der Waals surface area contributed by atoms with E-state index in [1.807, 2.05) is 6.92 Å². The Morgan fingerprint density at radius 1 is 1.21 bits per heavy atom. The summed E-state index contributed by atoms with van der Waals surface area (Å²) in [5.41, 5.74) is 1.93. The Labute approximate surface area is 175 Å². The van der Waals surface area contributed by atoms with Crippen LogP contribution in [0.1, 0.15) is 34.2 Å². The van der Waals surface area contributed by atoms with E-state index >= 15 is 0 Å². The first-order valence-corrected chi connectivity index (χ1v) is 10.7. The Morgan fingerprint density at radius 2 is 1.86 bits per heavy atom. The highest BCUT2D eigenvalue weighted by Gasteiger charge is 2.33. The maximum atomic E-state index is 13.1. The minimum atomic E-state index is -4.13. The Morgan fingerprint density at radius 3 is 2.45 bits per heavy atom. The van der Waals surface area contributed by atoms with E-state index in [4.69, 9.17) is 16.3 Å². The number of rotatable bonds is 7. The lowest BCUT2D eigenvalue weighted by molar-refractivity contribution is -0.116. The number of esters is 1. The molecule has 1 heterocycles. The minimum Gasteiger partial charge on any atom is -0.462 e. The van der Waals surface area contributed by atoms with Crippen LogP contribution in [0, 0.1) is 20.8 Å². The van der Waals surface area contributed by atoms with Gasteiger partial charge in [-0.3, -0.25) is 4.79 Å². The summed E-state index contributed by atoms with van der Waals surface area (Å²) in [6.07, 6.45) is 0. The average Bonchev–Trinajstić information content (AvgIpc) is 2.93. The Bertz CT molecular complexity index is 1050. The highest BCUT2D eigenvalue weighted by molar-refractivity contribution is 7.89. The van der Waals surface area contributed by atoms with Crippen LogP contribution in [-0.4, -0.2) is 49.8 Å². The van der Waals surface area contributed by atoms with Crippen molar-refractivity contribution in [1.82, 2.24) is 9.29 Å². The summed E-state index contributed by atoms with van der Waals surface area (Å²) in [6.45, 7) is 6.27. The van der Waals surface area contributed by atoms with Crippen LogP contribution >= 0.6 is 11.6 Å². The fourth-order valence-corrected chi connectivity index (χ4v) is 4.56. The highest BCUT2D eigenvalue weighted by atomic mass is 35.5. The standard InChI is InChI=1S/C19H24ClN3O5S/c1-6-28-19(25)17-12(3)21-13(4)18(17)29(26,27)23(5)10-16(24)22-14-8-7-11(2)15(20)9-14/h7-9,21H,6,10H2,1-5H3,(H,22,24). The third-order valence-electron chi connectivity index (χ3n) is 4.29. The molecule has 0 fully saturated rings. The molecule has 0 saturated carbocycles. The van der Waals surface area contributed by atoms with Crippen molar-refractivity contribution in [3.63, 3.8) is 0 Å². The SMILES string of the molecule is CCOC(=O)c1c(C)[nH]c(C)c1S(=O)(=O)N(C)CC(=O)Nc1ccc(C)c(Cl)c1. The molecule has 0 unspecified atom stereocenters. The molecule has 0 atom stereocenters. The quantitative estimate of drug-likeness (QED) is 0.642. The molecule has 29 heavy (non-hydrogen) atoms. The molecule has 0 aliphatic rings. The second-order valence-corrected chi connectivity index (χ2v) is 8.96. The third kappa shape index (κ3) is 4.98. The molecule has 0 spiro atoms. The zero-order chi connectivity index (χ0) is 21.9. The number of benzene rings is 1. The Balaban J connectivity index is 2.26. The van der Waals surface area contributed by atoms with Gasteiger partial charge in [0.05, 0.1) is 13.2 Å². The number of anilines is 1. The molecule has 2 N–H and O–H groups in total. The Kier molecular flexibility index (Phi) is 7.10. The predicted molar refractivity (Wildman–Crippen MR) is 111 cm³/mol. The Hall–Kier alpha value is -2.36. The molecular weight excluding hydrogens is 418 g/mol. The number of amides is 1. The van der Waals surface area contributed by atoms with Gasteiger partial charge in [0, 0.05) is 29.1 Å². The average molecular weight is 442 g/mol. The van der Waals surface area contributed by atoms with Gasteiger partial charge in [-0.2, -0.15) is 4.31 Å². The van der Waals surface area contributed by atoms with E-state index < -0.39 is 28.4 Å². The van der Waals surface area contributed by atoms with Crippen molar-refractivity contribution in [1.29, 1.82) is 0 Å². The monoisotopic (exact) mass is 441 g/mol. The van der Waals surface area contributed by atoms with Gasteiger partial charge in [0.15, 0.2) is 0 Å². The molecule has 1 aromatic heterocycles. The van der Waals surface area contributed by atoms with Crippen LogP contribution < -0.4 is 5.32 Å². The number of nitrogens with zero attached hydrogens (tertiary/aromatic N) is 1. The van der Waals surface area contributed by atoms with Crippen LogP contribution in [0.15, 0.2) is 23.1 Å². The largest absolute Gasteiger partial charge is 0.462 e. The fourth-order valence-electron chi connectivity index (χ4n) is 2.84. The van der Waals surface area contributed by atoms with Crippen LogP contribution in [0.3, 0.4) is 0 Å². The molecule has 10 heteroatoms. The van der Waals surface area contributed by atoms with Gasteiger partial charge in [-0.25, -0.2) is 13.2 Å². The van der Waals surface area contributed by atoms with E-state index in [-0.39, 0.29) is 17.1 Å². The van der Waals surface area contributed by atoms with Crippen molar-refractivity contribution in [3.05, 3.63) is 45.7 Å². The number of carbonyl (C=O) groups excluding carboxylic acids is 2. The summed E-state index contributed by atoms with van der Waals surface area (Å²) in [7, 11) is -2.86. The zero-order valence-electron chi connectivity index (χ0n) is 16.9. The van der Waals surface area contributed by atoms with Crippen molar-refractivity contribution in [2.24, 2.45) is 0 Å². The summed E-state index contributed by atoms with van der Waals surface area (Å²) in [4.78, 5) is 27.3. The van der Waals surface area contributed by atoms with Gasteiger partial charge in [0.2, 0.25) is 15.9 Å². The number of aromatic nitrogens is 1. The van der Waals surface area contributed by atoms with Crippen LogP contribution in [0.4, 0.5) is 5.69 Å². The smallest absolute Gasteiger partial charge is 0.341 e. The molecule has 8 nitrogen and oxygen atoms in total. The first-order valence-electron chi connectivity index (χ1n) is 8.87. The molecular formula is C19H24ClN3O5S. The van der Waals surface area contributed by atoms with Gasteiger partial charge in [-0.05, 0) is 45.4 Å². The lowest BCUT2D eigenvalue weighted by atomic mass is 10.2. The molecule has 0 bridgehead atoms. The minimum absolute atomic E-state index is 0.0538. The second-order valence-electron chi connectivity index (χ2n) is 6.57. The molecule has 0 radical (unpaired) electrons. The number of likely N-dealkylation sites (N-methyl/N-ethyl adjacent to an activating group) is 1. The van der Waals surface area contributed by atoms with Crippen LogP contribution in [0.25, 0.3) is 0 Å². The van der Waals surface area contributed by atoms with E-state index in [0.717, 1.165) is 9.87 Å². The molecule has 158 valence electrons. The van der Waals surface area contributed by atoms with Crippen LogP contribution in [0.2, 0.25) is 5.02 Å². The fraction of sp³-hybridized carbons (Fsp3) is 0.368. The molecule has 1 amide bonds. The number of aryl methyl sites for hydroxylation is 3. The topological polar surface area (TPSA) is 109 Å². The van der Waals surface area contributed by atoms with E-state index in [1.54, 1.807) is 39.0 Å². The number of halogens is 1. The summed E-state index contributed by atoms with van der Waals surface area (Å²) < 4.78 is 32.0. The van der Waals surface area contributed by atoms with Gasteiger partial charge >= 0.3 is 5.97 Å². The second kappa shape index (κ2) is 8.98. The van der Waals surface area contributed by atoms with Crippen molar-refractivity contribution in [2.75, 3.05) is 25.5 Å². The van der Waals surface area contributed by atoms with E-state index in [1.165, 1.54) is 7.05 Å². The number of hydrogen-bond acceptors (Lipinski definition) is 5. The van der Waals surface area contributed by atoms with Crippen molar-refractivity contribution < 1.29 is 22.7 Å². The molecule has 1 aromatic carbocycles. The number of hydrogen-bond donors (Lipinski definition) is 2. The third-order valence-corrected chi connectivity index (χ3v) is 6.67. The van der Waals surface area contributed by atoms with Crippen molar-refractivity contribution in [2.45, 2.75) is 32.6 Å². The lowest BCUT2D eigenvalue weighted by Gasteiger charge is -2.18. The maximum Gasteiger partial charge on any atom is 0.341 e. The zero-order valence-corrected chi connectivity index (χ0v) is 18.5. The number of nitrogens with one attached hydrogen (secondary N) is 2. The number of sulfonamides is 1. The van der Waals surface area contributed by atoms with Crippen molar-refractivity contribution >= 4 is 39.2 Å². The van der Waals surface area contributed by atoms with Gasteiger partial charge in [0.25, 0.3) is 0 Å². The van der Waals surface area contributed by atoms with E-state index in [2.05, 4.69) is 10.3 Å². The van der Waals surface area contributed by atoms with Crippen LogP contribution in [0.5, 0.6) is 0 Å². The lowest BCUT2D eigenvalue weighted by Crippen LogP contribution is -2.35. The predicted octanol–water partition coefficient (Wildman–Crippen LogP) is 3.03. The summed E-state index contributed by atoms with van der Waals surface area (Å²) >= 11 is 6.04. The van der Waals surface area contributed by atoms with Gasteiger partial charge < -0.3 is 15.0 Å². The molecule has 2 rings (SSSR count). The maximum absolute atomic E-state index is 13.1. The van der Waals surface area contributed by atoms with E-state index in [0.29, 0.717) is 22.1 Å². The first-order chi connectivity index (χ1) is 13.5. The van der Waals surface area contributed by atoms with E-state index in [9.17, 15) is 18.0 Å². The number of aromatic amines is 1. The molecule has 0 saturated heterocycles. The van der Waals surface area contributed by atoms with Gasteiger partial charge in [-0.15, -0.1) is 0 Å². The molecule has 2 aromatic rings. The van der Waals surface area contributed by atoms with Gasteiger partial charge in [0.1, 0.15) is 10.5 Å². The van der Waals surface area contributed by atoms with Crippen LogP contribution in [-0.2, 0) is 19.6 Å². The number of H-pyrrole nitrogens is 1. The summed E-state index contributed by atoms with van der Waals surface area (Å²) in [6, 6.07) is 5.00. The molecule has 0 aliphatic carbocycles. The van der Waals surface area contributed by atoms with Crippen molar-refractivity contribution in [3.8, 4) is 0 Å². The number of carbonyl (C=O) groups is 2. The molecule has 0 aliphatic heterocycles. The highest BCUT2D eigenvalue weighted by Crippen LogP contribution is 2.27. The summed E-state index contributed by atoms with van der Waals surface area (Å²) in [5.74, 6) is -1.28. The first kappa shape index (κ1) is 22.9. The summed E-state index contributed by atoms with van der Waals surface area (Å²) in [5, 5.41) is 3.10.